The van der Waals surface area contributed by atoms with Gasteiger partial charge in [0.25, 0.3) is 0 Å². The monoisotopic (exact) mass is 270 g/mol. The molecule has 0 aliphatic heterocycles. The average molecular weight is 270 g/mol. The number of aromatic carboxylic acids is 1. The number of rotatable bonds is 4. The average Bonchev–Trinajstić information content (AvgIpc) is 3.14. The van der Waals surface area contributed by atoms with Crippen LogP contribution in [0.25, 0.3) is 0 Å². The van der Waals surface area contributed by atoms with E-state index in [0.717, 1.165) is 24.1 Å². The van der Waals surface area contributed by atoms with Gasteiger partial charge < -0.3 is 5.11 Å². The van der Waals surface area contributed by atoms with E-state index in [-0.39, 0.29) is 5.69 Å². The fraction of sp³-hybridized carbons (Fsp3) is 0.375. The third-order valence-corrected chi connectivity index (χ3v) is 3.83. The first kappa shape index (κ1) is 12.9. The lowest BCUT2D eigenvalue weighted by atomic mass is 10.1. The summed E-state index contributed by atoms with van der Waals surface area (Å²) in [5.41, 5.74) is 4.70. The molecule has 1 aliphatic rings. The van der Waals surface area contributed by atoms with Gasteiger partial charge in [-0.3, -0.25) is 4.68 Å². The van der Waals surface area contributed by atoms with E-state index in [1.807, 2.05) is 13.0 Å². The lowest BCUT2D eigenvalue weighted by molar-refractivity contribution is 0.0684. The fourth-order valence-electron chi connectivity index (χ4n) is 2.49. The van der Waals surface area contributed by atoms with E-state index >= 15 is 0 Å². The molecule has 0 unspecified atom stereocenters. The molecule has 1 saturated carbocycles. The third-order valence-electron chi connectivity index (χ3n) is 3.83. The van der Waals surface area contributed by atoms with Gasteiger partial charge in [0.05, 0.1) is 12.2 Å². The van der Waals surface area contributed by atoms with E-state index < -0.39 is 5.97 Å². The standard InChI is InChI=1S/C16H18N2O2/c1-10-3-4-13(11(2)7-10)9-18-15(16(19)20)8-14(17-18)12-5-6-12/h3-4,7-8,12H,5-6,9H2,1-2H3,(H,19,20). The molecule has 1 heterocycles. The quantitative estimate of drug-likeness (QED) is 0.928. The number of benzene rings is 1. The Balaban J connectivity index is 1.94. The summed E-state index contributed by atoms with van der Waals surface area (Å²) in [7, 11) is 0. The van der Waals surface area contributed by atoms with Gasteiger partial charge in [-0.1, -0.05) is 23.8 Å². The maximum Gasteiger partial charge on any atom is 0.354 e. The van der Waals surface area contributed by atoms with Gasteiger partial charge in [-0.25, -0.2) is 4.79 Å². The number of hydrogen-bond donors (Lipinski definition) is 1. The van der Waals surface area contributed by atoms with Crippen LogP contribution in [0.5, 0.6) is 0 Å². The summed E-state index contributed by atoms with van der Waals surface area (Å²) in [5, 5.41) is 13.8. The van der Waals surface area contributed by atoms with Crippen LogP contribution in [-0.2, 0) is 6.54 Å². The lowest BCUT2D eigenvalue weighted by Crippen LogP contribution is -2.11. The van der Waals surface area contributed by atoms with Crippen molar-refractivity contribution in [1.29, 1.82) is 0 Å². The summed E-state index contributed by atoms with van der Waals surface area (Å²) in [6.45, 7) is 4.62. The van der Waals surface area contributed by atoms with E-state index in [1.165, 1.54) is 11.1 Å². The Hall–Kier alpha value is -2.10. The van der Waals surface area contributed by atoms with Crippen LogP contribution in [0, 0.1) is 13.8 Å². The first-order chi connectivity index (χ1) is 9.54. The fourth-order valence-corrected chi connectivity index (χ4v) is 2.49. The number of aromatic nitrogens is 2. The highest BCUT2D eigenvalue weighted by Crippen LogP contribution is 2.39. The smallest absolute Gasteiger partial charge is 0.354 e. The minimum absolute atomic E-state index is 0.284. The Morgan fingerprint density at radius 3 is 2.70 bits per heavy atom. The van der Waals surface area contributed by atoms with Gasteiger partial charge in [-0.05, 0) is 43.9 Å². The number of carboxylic acid groups (broad SMARTS) is 1. The number of carboxylic acids is 1. The molecule has 0 atom stereocenters. The minimum atomic E-state index is -0.908. The summed E-state index contributed by atoms with van der Waals surface area (Å²) < 4.78 is 1.62. The molecule has 0 radical (unpaired) electrons. The van der Waals surface area contributed by atoms with Crippen LogP contribution in [0.2, 0.25) is 0 Å². The first-order valence-electron chi connectivity index (χ1n) is 6.92. The van der Waals surface area contributed by atoms with E-state index in [0.29, 0.717) is 12.5 Å². The maximum absolute atomic E-state index is 11.3. The predicted octanol–water partition coefficient (Wildman–Crippen LogP) is 3.12. The Kier molecular flexibility index (Phi) is 3.08. The van der Waals surface area contributed by atoms with Crippen molar-refractivity contribution in [2.45, 2.75) is 39.2 Å². The SMILES string of the molecule is Cc1ccc(Cn2nc(C3CC3)cc2C(=O)O)c(C)c1. The molecule has 4 nitrogen and oxygen atoms in total. The zero-order valence-corrected chi connectivity index (χ0v) is 11.8. The van der Waals surface area contributed by atoms with E-state index in [4.69, 9.17) is 0 Å². The Morgan fingerprint density at radius 1 is 1.35 bits per heavy atom. The number of nitrogens with zero attached hydrogens (tertiary/aromatic N) is 2. The van der Waals surface area contributed by atoms with Crippen LogP contribution < -0.4 is 0 Å². The molecular formula is C16H18N2O2. The van der Waals surface area contributed by atoms with E-state index in [2.05, 4.69) is 24.2 Å². The Bertz CT molecular complexity index is 669. The summed E-state index contributed by atoms with van der Waals surface area (Å²) in [5.74, 6) is -0.442. The van der Waals surface area contributed by atoms with Crippen LogP contribution in [-0.4, -0.2) is 20.9 Å². The van der Waals surface area contributed by atoms with E-state index in [9.17, 15) is 9.90 Å². The van der Waals surface area contributed by atoms with Crippen molar-refractivity contribution in [3.05, 3.63) is 52.3 Å². The molecular weight excluding hydrogens is 252 g/mol. The summed E-state index contributed by atoms with van der Waals surface area (Å²) in [6.07, 6.45) is 2.25. The number of carbonyl (C=O) groups is 1. The molecule has 1 aromatic carbocycles. The zero-order chi connectivity index (χ0) is 14.3. The van der Waals surface area contributed by atoms with Crippen LogP contribution in [0.1, 0.15) is 51.6 Å². The second-order valence-electron chi connectivity index (χ2n) is 5.62. The molecule has 4 heteroatoms. The number of aryl methyl sites for hydroxylation is 2. The van der Waals surface area contributed by atoms with E-state index in [1.54, 1.807) is 10.7 Å². The van der Waals surface area contributed by atoms with Gasteiger partial charge in [-0.2, -0.15) is 5.10 Å². The number of hydrogen-bond acceptors (Lipinski definition) is 2. The molecule has 1 aliphatic carbocycles. The lowest BCUT2D eigenvalue weighted by Gasteiger charge is -2.08. The van der Waals surface area contributed by atoms with Gasteiger partial charge in [-0.15, -0.1) is 0 Å². The normalized spacial score (nSPS) is 14.5. The molecule has 0 spiro atoms. The first-order valence-corrected chi connectivity index (χ1v) is 6.92. The summed E-state index contributed by atoms with van der Waals surface area (Å²) in [6, 6.07) is 7.94. The third kappa shape index (κ3) is 2.46. The molecule has 20 heavy (non-hydrogen) atoms. The van der Waals surface area contributed by atoms with Crippen molar-refractivity contribution >= 4 is 5.97 Å². The second kappa shape index (κ2) is 4.78. The largest absolute Gasteiger partial charge is 0.477 e. The molecule has 104 valence electrons. The molecule has 0 bridgehead atoms. The van der Waals surface area contributed by atoms with Crippen molar-refractivity contribution in [1.82, 2.24) is 9.78 Å². The molecule has 0 saturated heterocycles. The topological polar surface area (TPSA) is 55.1 Å². The molecule has 2 aromatic rings. The molecule has 1 N–H and O–H groups in total. The maximum atomic E-state index is 11.3. The molecule has 1 fully saturated rings. The van der Waals surface area contributed by atoms with Crippen molar-refractivity contribution < 1.29 is 9.90 Å². The van der Waals surface area contributed by atoms with Crippen molar-refractivity contribution in [3.63, 3.8) is 0 Å². The molecule has 0 amide bonds. The minimum Gasteiger partial charge on any atom is -0.477 e. The Labute approximate surface area is 118 Å². The molecule has 1 aromatic heterocycles. The van der Waals surface area contributed by atoms with Crippen molar-refractivity contribution in [2.75, 3.05) is 0 Å². The van der Waals surface area contributed by atoms with Gasteiger partial charge >= 0.3 is 5.97 Å². The van der Waals surface area contributed by atoms with Crippen LogP contribution in [0.15, 0.2) is 24.3 Å². The summed E-state index contributed by atoms with van der Waals surface area (Å²) >= 11 is 0. The van der Waals surface area contributed by atoms with Crippen LogP contribution >= 0.6 is 0 Å². The van der Waals surface area contributed by atoms with Crippen molar-refractivity contribution in [2.24, 2.45) is 0 Å². The van der Waals surface area contributed by atoms with Crippen LogP contribution in [0.3, 0.4) is 0 Å². The summed E-state index contributed by atoms with van der Waals surface area (Å²) in [4.78, 5) is 11.3. The van der Waals surface area contributed by atoms with Gasteiger partial charge in [0.15, 0.2) is 0 Å². The van der Waals surface area contributed by atoms with Crippen LogP contribution in [0.4, 0.5) is 0 Å². The van der Waals surface area contributed by atoms with Gasteiger partial charge in [0.1, 0.15) is 5.69 Å². The predicted molar refractivity (Wildman–Crippen MR) is 76.2 cm³/mol. The van der Waals surface area contributed by atoms with Gasteiger partial charge in [0, 0.05) is 5.92 Å². The Morgan fingerprint density at radius 2 is 2.10 bits per heavy atom. The second-order valence-corrected chi connectivity index (χ2v) is 5.62. The van der Waals surface area contributed by atoms with Crippen molar-refractivity contribution in [3.8, 4) is 0 Å². The molecule has 3 rings (SSSR count). The van der Waals surface area contributed by atoms with Gasteiger partial charge in [0.2, 0.25) is 0 Å². The highest BCUT2D eigenvalue weighted by Gasteiger charge is 2.28. The highest BCUT2D eigenvalue weighted by atomic mass is 16.4. The highest BCUT2D eigenvalue weighted by molar-refractivity contribution is 5.85. The zero-order valence-electron chi connectivity index (χ0n) is 11.8.